The minimum absolute atomic E-state index is 0.244. The van der Waals surface area contributed by atoms with E-state index in [9.17, 15) is 13.6 Å². The van der Waals surface area contributed by atoms with Gasteiger partial charge in [0.05, 0.1) is 11.3 Å². The fourth-order valence-electron chi connectivity index (χ4n) is 0.934. The van der Waals surface area contributed by atoms with Crippen molar-refractivity contribution in [3.8, 4) is 0 Å². The maximum absolute atomic E-state index is 12.5. The number of aromatic nitrogens is 1. The van der Waals surface area contributed by atoms with Crippen molar-refractivity contribution in [3.63, 3.8) is 0 Å². The van der Waals surface area contributed by atoms with E-state index in [-0.39, 0.29) is 11.1 Å². The van der Waals surface area contributed by atoms with Gasteiger partial charge in [0.2, 0.25) is 0 Å². The highest BCUT2D eigenvalue weighted by molar-refractivity contribution is 9.08. The number of carbonyl (C=O) groups is 1. The highest BCUT2D eigenvalue weighted by Gasteiger charge is 2.18. The van der Waals surface area contributed by atoms with Gasteiger partial charge in [0.15, 0.2) is 0 Å². The molecule has 0 saturated carbocycles. The number of alkyl halides is 3. The summed E-state index contributed by atoms with van der Waals surface area (Å²) >= 11 is 8.20. The third-order valence-corrected chi connectivity index (χ3v) is 2.35. The number of pyridine rings is 1. The zero-order valence-electron chi connectivity index (χ0n) is 6.81. The van der Waals surface area contributed by atoms with Gasteiger partial charge in [-0.3, -0.25) is 9.78 Å². The largest absolute Gasteiger partial charge is 0.276 e. The van der Waals surface area contributed by atoms with Gasteiger partial charge in [0.25, 0.3) is 11.7 Å². The summed E-state index contributed by atoms with van der Waals surface area (Å²) in [6.07, 6.45) is -1.67. The Morgan fingerprint density at radius 3 is 2.71 bits per heavy atom. The molecular formula is C8H5BrClF2NO. The maximum Gasteiger partial charge on any atom is 0.264 e. The number of hydrogen-bond donors (Lipinski definition) is 0. The molecule has 0 atom stereocenters. The topological polar surface area (TPSA) is 30.0 Å². The summed E-state index contributed by atoms with van der Waals surface area (Å²) in [5.41, 5.74) is -0.192. The van der Waals surface area contributed by atoms with Gasteiger partial charge in [-0.2, -0.15) is 0 Å². The lowest BCUT2D eigenvalue weighted by Crippen LogP contribution is -2.01. The summed E-state index contributed by atoms with van der Waals surface area (Å²) in [4.78, 5) is 14.5. The predicted molar refractivity (Wildman–Crippen MR) is 52.0 cm³/mol. The van der Waals surface area contributed by atoms with Crippen LogP contribution in [-0.4, -0.2) is 10.2 Å². The van der Waals surface area contributed by atoms with Crippen molar-refractivity contribution < 1.29 is 13.6 Å². The molecule has 0 unspecified atom stereocenters. The lowest BCUT2D eigenvalue weighted by molar-refractivity contribution is 0.106. The minimum atomic E-state index is -2.73. The van der Waals surface area contributed by atoms with Crippen LogP contribution in [0.2, 0.25) is 0 Å². The van der Waals surface area contributed by atoms with Crippen LogP contribution in [0.3, 0.4) is 0 Å². The molecule has 6 heteroatoms. The summed E-state index contributed by atoms with van der Waals surface area (Å²) in [5, 5.41) is -0.572. The second kappa shape index (κ2) is 4.79. The molecule has 0 radical (unpaired) electrons. The predicted octanol–water partition coefficient (Wildman–Crippen LogP) is 3.29. The van der Waals surface area contributed by atoms with Crippen LogP contribution in [0.5, 0.6) is 0 Å². The summed E-state index contributed by atoms with van der Waals surface area (Å²) in [6, 6.07) is 1.16. The normalized spacial score (nSPS) is 10.6. The SMILES string of the molecule is O=C(Cl)c1cnc(CBr)cc1C(F)F. The van der Waals surface area contributed by atoms with E-state index in [1.165, 1.54) is 0 Å². The van der Waals surface area contributed by atoms with E-state index >= 15 is 0 Å². The quantitative estimate of drug-likeness (QED) is 0.630. The Morgan fingerprint density at radius 2 is 2.29 bits per heavy atom. The third-order valence-electron chi connectivity index (χ3n) is 1.58. The van der Waals surface area contributed by atoms with Crippen molar-refractivity contribution in [1.82, 2.24) is 4.98 Å². The number of rotatable bonds is 3. The van der Waals surface area contributed by atoms with Crippen LogP contribution in [0.1, 0.15) is 28.0 Å². The average Bonchev–Trinajstić information content (AvgIpc) is 2.16. The number of hydrogen-bond acceptors (Lipinski definition) is 2. The molecule has 0 saturated heterocycles. The van der Waals surface area contributed by atoms with Crippen LogP contribution >= 0.6 is 27.5 Å². The van der Waals surface area contributed by atoms with Crippen LogP contribution in [-0.2, 0) is 5.33 Å². The van der Waals surface area contributed by atoms with Crippen molar-refractivity contribution >= 4 is 32.8 Å². The van der Waals surface area contributed by atoms with Gasteiger partial charge in [0.1, 0.15) is 0 Å². The van der Waals surface area contributed by atoms with Gasteiger partial charge in [0, 0.05) is 17.1 Å². The first kappa shape index (κ1) is 11.5. The second-order valence-electron chi connectivity index (χ2n) is 2.47. The molecule has 2 nitrogen and oxygen atoms in total. The number of carbonyl (C=O) groups excluding carboxylic acids is 1. The fraction of sp³-hybridized carbons (Fsp3) is 0.250. The van der Waals surface area contributed by atoms with Gasteiger partial charge in [-0.15, -0.1) is 0 Å². The first-order chi connectivity index (χ1) is 6.56. The highest BCUT2D eigenvalue weighted by Crippen LogP contribution is 2.24. The molecular weight excluding hydrogens is 279 g/mol. The Balaban J connectivity index is 3.24. The molecule has 14 heavy (non-hydrogen) atoms. The van der Waals surface area contributed by atoms with Crippen LogP contribution in [0, 0.1) is 0 Å². The van der Waals surface area contributed by atoms with E-state index in [2.05, 4.69) is 20.9 Å². The van der Waals surface area contributed by atoms with Gasteiger partial charge in [-0.05, 0) is 17.7 Å². The molecule has 1 heterocycles. The standard InChI is InChI=1S/C8H5BrClF2NO/c9-2-4-1-5(8(11)12)6(3-13-4)7(10)14/h1,3,8H,2H2. The van der Waals surface area contributed by atoms with Gasteiger partial charge >= 0.3 is 0 Å². The average molecular weight is 284 g/mol. The van der Waals surface area contributed by atoms with Crippen molar-refractivity contribution in [2.24, 2.45) is 0 Å². The molecule has 0 aliphatic rings. The van der Waals surface area contributed by atoms with E-state index in [0.717, 1.165) is 12.3 Å². The van der Waals surface area contributed by atoms with Crippen molar-refractivity contribution in [1.29, 1.82) is 0 Å². The number of halogens is 4. The Hall–Kier alpha value is -0.550. The Kier molecular flexibility index (Phi) is 3.95. The smallest absolute Gasteiger partial charge is 0.264 e. The van der Waals surface area contributed by atoms with E-state index in [0.29, 0.717) is 11.0 Å². The summed E-state index contributed by atoms with van der Waals surface area (Å²) in [6.45, 7) is 0. The lowest BCUT2D eigenvalue weighted by Gasteiger charge is -2.05. The molecule has 1 rings (SSSR count). The van der Waals surface area contributed by atoms with E-state index in [1.807, 2.05) is 0 Å². The van der Waals surface area contributed by atoms with Crippen molar-refractivity contribution in [3.05, 3.63) is 29.1 Å². The maximum atomic E-state index is 12.5. The molecule has 0 fully saturated rings. The fourth-order valence-corrected chi connectivity index (χ4v) is 1.40. The number of nitrogens with zero attached hydrogens (tertiary/aromatic N) is 1. The Labute approximate surface area is 92.4 Å². The van der Waals surface area contributed by atoms with Crippen molar-refractivity contribution in [2.75, 3.05) is 0 Å². The first-order valence-corrected chi connectivity index (χ1v) is 5.09. The van der Waals surface area contributed by atoms with E-state index in [1.54, 1.807) is 0 Å². The van der Waals surface area contributed by atoms with Gasteiger partial charge in [-0.1, -0.05) is 15.9 Å². The molecule has 1 aromatic heterocycles. The van der Waals surface area contributed by atoms with E-state index < -0.39 is 11.7 Å². The molecule has 0 amide bonds. The third kappa shape index (κ3) is 2.48. The van der Waals surface area contributed by atoms with Crippen LogP contribution in [0.15, 0.2) is 12.3 Å². The summed E-state index contributed by atoms with van der Waals surface area (Å²) < 4.78 is 24.9. The molecule has 0 bridgehead atoms. The highest BCUT2D eigenvalue weighted by atomic mass is 79.9. The summed E-state index contributed by atoms with van der Waals surface area (Å²) in [7, 11) is 0. The molecule has 76 valence electrons. The van der Waals surface area contributed by atoms with Crippen LogP contribution in [0.4, 0.5) is 8.78 Å². The molecule has 0 aromatic carbocycles. The molecule has 0 aliphatic heterocycles. The van der Waals surface area contributed by atoms with Gasteiger partial charge in [-0.25, -0.2) is 8.78 Å². The monoisotopic (exact) mass is 283 g/mol. The van der Waals surface area contributed by atoms with Crippen LogP contribution < -0.4 is 0 Å². The molecule has 1 aromatic rings. The summed E-state index contributed by atoms with van der Waals surface area (Å²) in [5.74, 6) is 0. The zero-order chi connectivity index (χ0) is 10.7. The zero-order valence-corrected chi connectivity index (χ0v) is 9.15. The van der Waals surface area contributed by atoms with Crippen LogP contribution in [0.25, 0.3) is 0 Å². The van der Waals surface area contributed by atoms with Gasteiger partial charge < -0.3 is 0 Å². The molecule has 0 spiro atoms. The lowest BCUT2D eigenvalue weighted by atomic mass is 10.1. The second-order valence-corrected chi connectivity index (χ2v) is 3.37. The molecule has 0 N–H and O–H groups in total. The van der Waals surface area contributed by atoms with Crippen molar-refractivity contribution in [2.45, 2.75) is 11.8 Å². The molecule has 0 aliphatic carbocycles. The minimum Gasteiger partial charge on any atom is -0.276 e. The Bertz CT molecular complexity index is 359. The first-order valence-electron chi connectivity index (χ1n) is 3.59. The van der Waals surface area contributed by atoms with E-state index in [4.69, 9.17) is 11.6 Å². The Morgan fingerprint density at radius 1 is 1.64 bits per heavy atom.